The van der Waals surface area contributed by atoms with E-state index in [0.717, 1.165) is 5.56 Å². The summed E-state index contributed by atoms with van der Waals surface area (Å²) in [5, 5.41) is 0.355. The molecule has 1 aromatic carbocycles. The van der Waals surface area contributed by atoms with E-state index in [0.29, 0.717) is 10.2 Å². The van der Waals surface area contributed by atoms with E-state index in [-0.39, 0.29) is 15.7 Å². The van der Waals surface area contributed by atoms with Crippen LogP contribution in [0, 0.1) is 6.92 Å². The lowest BCUT2D eigenvalue weighted by Gasteiger charge is -2.07. The largest absolute Gasteiger partial charge is 0.422 e. The first-order chi connectivity index (χ1) is 8.97. The fourth-order valence-electron chi connectivity index (χ4n) is 1.38. The molecule has 2 aromatic rings. The molecule has 0 saturated carbocycles. The summed E-state index contributed by atoms with van der Waals surface area (Å²) in [5.74, 6) is -0.114. The minimum atomic E-state index is -0.546. The lowest BCUT2D eigenvalue weighted by atomic mass is 10.2. The van der Waals surface area contributed by atoms with E-state index in [9.17, 15) is 4.79 Å². The van der Waals surface area contributed by atoms with Crippen molar-refractivity contribution in [2.75, 3.05) is 0 Å². The zero-order valence-corrected chi connectivity index (χ0v) is 12.9. The second-order valence-electron chi connectivity index (χ2n) is 3.82. The number of ether oxygens (including phenoxy) is 1. The number of benzene rings is 1. The standard InChI is InChI=1S/C13H8BrCl2NO2/c1-7-2-3-11(9(14)4-7)19-13(18)8-5-10(15)12(16)17-6-8/h2-6H,1H3. The van der Waals surface area contributed by atoms with Gasteiger partial charge in [0.1, 0.15) is 10.9 Å². The van der Waals surface area contributed by atoms with Crippen molar-refractivity contribution in [2.45, 2.75) is 6.92 Å². The highest BCUT2D eigenvalue weighted by Gasteiger charge is 2.13. The number of pyridine rings is 1. The molecule has 0 spiro atoms. The van der Waals surface area contributed by atoms with Gasteiger partial charge in [0.25, 0.3) is 0 Å². The Morgan fingerprint density at radius 1 is 1.32 bits per heavy atom. The first-order valence-electron chi connectivity index (χ1n) is 5.27. The van der Waals surface area contributed by atoms with Crippen LogP contribution in [0.25, 0.3) is 0 Å². The average Bonchev–Trinajstić information content (AvgIpc) is 2.36. The number of carbonyl (C=O) groups excluding carboxylic acids is 1. The summed E-state index contributed by atoms with van der Waals surface area (Å²) >= 11 is 14.8. The third-order valence-electron chi connectivity index (χ3n) is 2.32. The van der Waals surface area contributed by atoms with Crippen LogP contribution in [0.2, 0.25) is 10.2 Å². The van der Waals surface area contributed by atoms with Crippen molar-refractivity contribution in [1.29, 1.82) is 0 Å². The molecule has 0 aliphatic heterocycles. The number of rotatable bonds is 2. The highest BCUT2D eigenvalue weighted by Crippen LogP contribution is 2.27. The molecule has 0 saturated heterocycles. The first kappa shape index (κ1) is 14.3. The quantitative estimate of drug-likeness (QED) is 0.443. The lowest BCUT2D eigenvalue weighted by molar-refractivity contribution is 0.0733. The monoisotopic (exact) mass is 359 g/mol. The van der Waals surface area contributed by atoms with Gasteiger partial charge in [-0.3, -0.25) is 0 Å². The van der Waals surface area contributed by atoms with Gasteiger partial charge in [0.05, 0.1) is 15.1 Å². The molecule has 0 radical (unpaired) electrons. The Kier molecular flexibility index (Phi) is 4.45. The van der Waals surface area contributed by atoms with Gasteiger partial charge in [0.2, 0.25) is 0 Å². The van der Waals surface area contributed by atoms with Crippen LogP contribution >= 0.6 is 39.1 Å². The fourth-order valence-corrected chi connectivity index (χ4v) is 2.22. The Labute approximate surface area is 128 Å². The molecule has 6 heteroatoms. The average molecular weight is 361 g/mol. The van der Waals surface area contributed by atoms with E-state index in [1.807, 2.05) is 19.1 Å². The molecule has 0 aliphatic rings. The van der Waals surface area contributed by atoms with Gasteiger partial charge in [-0.1, -0.05) is 29.3 Å². The number of hydrogen-bond donors (Lipinski definition) is 0. The summed E-state index contributed by atoms with van der Waals surface area (Å²) in [6.45, 7) is 1.94. The summed E-state index contributed by atoms with van der Waals surface area (Å²) in [6.07, 6.45) is 1.32. The second-order valence-corrected chi connectivity index (χ2v) is 5.44. The summed E-state index contributed by atoms with van der Waals surface area (Å²) in [5.41, 5.74) is 1.30. The van der Waals surface area contributed by atoms with E-state index in [1.54, 1.807) is 6.07 Å². The van der Waals surface area contributed by atoms with Crippen LogP contribution in [-0.2, 0) is 0 Å². The summed E-state index contributed by atoms with van der Waals surface area (Å²) < 4.78 is 5.96. The minimum Gasteiger partial charge on any atom is -0.422 e. The van der Waals surface area contributed by atoms with Gasteiger partial charge in [-0.25, -0.2) is 9.78 Å². The van der Waals surface area contributed by atoms with Gasteiger partial charge in [-0.2, -0.15) is 0 Å². The molecule has 3 nitrogen and oxygen atoms in total. The number of carbonyl (C=O) groups is 1. The molecule has 98 valence electrons. The predicted molar refractivity (Wildman–Crippen MR) is 78.1 cm³/mol. The maximum Gasteiger partial charge on any atom is 0.345 e. The van der Waals surface area contributed by atoms with Crippen LogP contribution in [-0.4, -0.2) is 11.0 Å². The van der Waals surface area contributed by atoms with Crippen LogP contribution in [0.1, 0.15) is 15.9 Å². The van der Waals surface area contributed by atoms with Crippen LogP contribution in [0.5, 0.6) is 5.75 Å². The van der Waals surface area contributed by atoms with Crippen molar-refractivity contribution in [3.8, 4) is 5.75 Å². The zero-order chi connectivity index (χ0) is 14.0. The molecule has 0 amide bonds. The maximum absolute atomic E-state index is 11.9. The number of hydrogen-bond acceptors (Lipinski definition) is 3. The third-order valence-corrected chi connectivity index (χ3v) is 3.63. The third kappa shape index (κ3) is 3.47. The van der Waals surface area contributed by atoms with E-state index in [1.165, 1.54) is 12.3 Å². The van der Waals surface area contributed by atoms with Crippen LogP contribution in [0.15, 0.2) is 34.9 Å². The molecule has 2 rings (SSSR count). The van der Waals surface area contributed by atoms with Crippen molar-refractivity contribution >= 4 is 45.1 Å². The fraction of sp³-hybridized carbons (Fsp3) is 0.0769. The van der Waals surface area contributed by atoms with Crippen LogP contribution in [0.4, 0.5) is 0 Å². The van der Waals surface area contributed by atoms with Crippen LogP contribution in [0.3, 0.4) is 0 Å². The highest BCUT2D eigenvalue weighted by molar-refractivity contribution is 9.10. The number of esters is 1. The Morgan fingerprint density at radius 3 is 2.68 bits per heavy atom. The predicted octanol–water partition coefficient (Wildman–Crippen LogP) is 4.68. The summed E-state index contributed by atoms with van der Waals surface area (Å²) in [7, 11) is 0. The maximum atomic E-state index is 11.9. The van der Waals surface area contributed by atoms with E-state index in [2.05, 4.69) is 20.9 Å². The molecule has 1 heterocycles. The molecule has 19 heavy (non-hydrogen) atoms. The lowest BCUT2D eigenvalue weighted by Crippen LogP contribution is -2.09. The number of aryl methyl sites for hydroxylation is 1. The number of aromatic nitrogens is 1. The molecule has 0 bridgehead atoms. The van der Waals surface area contributed by atoms with Gasteiger partial charge >= 0.3 is 5.97 Å². The topological polar surface area (TPSA) is 39.2 Å². The first-order valence-corrected chi connectivity index (χ1v) is 6.81. The molecule has 0 unspecified atom stereocenters. The van der Waals surface area contributed by atoms with Crippen molar-refractivity contribution in [2.24, 2.45) is 0 Å². The summed E-state index contributed by atoms with van der Waals surface area (Å²) in [6, 6.07) is 6.83. The van der Waals surface area contributed by atoms with Gasteiger partial charge in [-0.15, -0.1) is 0 Å². The second kappa shape index (κ2) is 5.90. The number of halogens is 3. The summed E-state index contributed by atoms with van der Waals surface area (Å²) in [4.78, 5) is 15.7. The van der Waals surface area contributed by atoms with Gasteiger partial charge in [0, 0.05) is 6.20 Å². The molecule has 0 aliphatic carbocycles. The van der Waals surface area contributed by atoms with Crippen LogP contribution < -0.4 is 4.74 Å². The van der Waals surface area contributed by atoms with Crippen molar-refractivity contribution in [1.82, 2.24) is 4.98 Å². The SMILES string of the molecule is Cc1ccc(OC(=O)c2cnc(Cl)c(Cl)c2)c(Br)c1. The van der Waals surface area contributed by atoms with Crippen molar-refractivity contribution in [3.63, 3.8) is 0 Å². The molecule has 0 fully saturated rings. The van der Waals surface area contributed by atoms with Crippen molar-refractivity contribution < 1.29 is 9.53 Å². The van der Waals surface area contributed by atoms with Gasteiger partial charge < -0.3 is 4.74 Å². The van der Waals surface area contributed by atoms with Gasteiger partial charge in [0.15, 0.2) is 0 Å². The smallest absolute Gasteiger partial charge is 0.345 e. The van der Waals surface area contributed by atoms with E-state index < -0.39 is 5.97 Å². The Balaban J connectivity index is 2.23. The number of nitrogens with zero attached hydrogens (tertiary/aromatic N) is 1. The Hall–Kier alpha value is -1.10. The molecule has 1 aromatic heterocycles. The highest BCUT2D eigenvalue weighted by atomic mass is 79.9. The van der Waals surface area contributed by atoms with Crippen molar-refractivity contribution in [3.05, 3.63) is 56.2 Å². The normalized spacial score (nSPS) is 10.3. The molecule has 0 atom stereocenters. The Morgan fingerprint density at radius 2 is 2.05 bits per heavy atom. The molecular weight excluding hydrogens is 353 g/mol. The molecular formula is C13H8BrCl2NO2. The molecule has 0 N–H and O–H groups in total. The Bertz CT molecular complexity index is 647. The minimum absolute atomic E-state index is 0.148. The van der Waals surface area contributed by atoms with Gasteiger partial charge in [-0.05, 0) is 46.6 Å². The zero-order valence-electron chi connectivity index (χ0n) is 9.78. The van der Waals surface area contributed by atoms with E-state index in [4.69, 9.17) is 27.9 Å². The van der Waals surface area contributed by atoms with E-state index >= 15 is 0 Å².